The average molecular weight is 425 g/mol. The molecule has 1 heterocycles. The van der Waals surface area contributed by atoms with Crippen LogP contribution in [0.2, 0.25) is 0 Å². The van der Waals surface area contributed by atoms with Gasteiger partial charge in [0.1, 0.15) is 5.75 Å². The maximum Gasteiger partial charge on any atom is 0.238 e. The molecule has 2 aromatic carbocycles. The van der Waals surface area contributed by atoms with Gasteiger partial charge in [0, 0.05) is 36.2 Å². The van der Waals surface area contributed by atoms with Gasteiger partial charge in [-0.15, -0.1) is 0 Å². The molecule has 2 amide bonds. The number of nitrogens with one attached hydrogen (secondary N) is 2. The van der Waals surface area contributed by atoms with Crippen molar-refractivity contribution >= 4 is 28.9 Å². The highest BCUT2D eigenvalue weighted by Gasteiger charge is 2.15. The van der Waals surface area contributed by atoms with Crippen molar-refractivity contribution in [3.05, 3.63) is 48.5 Å². The number of nitrogens with zero attached hydrogens (tertiary/aromatic N) is 2. The van der Waals surface area contributed by atoms with E-state index < -0.39 is 0 Å². The summed E-state index contributed by atoms with van der Waals surface area (Å²) in [5.41, 5.74) is 2.63. The topological polar surface area (TPSA) is 73.9 Å². The summed E-state index contributed by atoms with van der Waals surface area (Å²) < 4.78 is 5.17. The van der Waals surface area contributed by atoms with Gasteiger partial charge in [0.25, 0.3) is 0 Å². The van der Waals surface area contributed by atoms with Gasteiger partial charge < -0.3 is 20.3 Å². The number of methoxy groups -OCH3 is 1. The lowest BCUT2D eigenvalue weighted by molar-refractivity contribution is -0.119. The smallest absolute Gasteiger partial charge is 0.238 e. The van der Waals surface area contributed by atoms with Crippen LogP contribution in [0, 0.1) is 0 Å². The predicted molar refractivity (Wildman–Crippen MR) is 125 cm³/mol. The zero-order valence-corrected chi connectivity index (χ0v) is 18.4. The fourth-order valence-corrected chi connectivity index (χ4v) is 3.70. The van der Waals surface area contributed by atoms with Crippen molar-refractivity contribution in [3.63, 3.8) is 0 Å². The Morgan fingerprint density at radius 1 is 0.935 bits per heavy atom. The minimum Gasteiger partial charge on any atom is -0.497 e. The van der Waals surface area contributed by atoms with Crippen LogP contribution in [0.5, 0.6) is 5.75 Å². The first-order valence-corrected chi connectivity index (χ1v) is 10.9. The third-order valence-electron chi connectivity index (χ3n) is 5.41. The number of amides is 2. The first kappa shape index (κ1) is 22.6. The molecule has 0 atom stereocenters. The number of anilines is 3. The highest BCUT2D eigenvalue weighted by atomic mass is 16.5. The maximum atomic E-state index is 12.5. The molecule has 1 aliphatic heterocycles. The predicted octanol–water partition coefficient (Wildman–Crippen LogP) is 3.58. The number of likely N-dealkylation sites (N-methyl/N-ethyl adjacent to an activating group) is 1. The van der Waals surface area contributed by atoms with Crippen LogP contribution in [0.25, 0.3) is 0 Å². The Kier molecular flexibility index (Phi) is 8.29. The molecule has 0 spiro atoms. The third kappa shape index (κ3) is 7.00. The molecule has 0 aromatic heterocycles. The van der Waals surface area contributed by atoms with Crippen LogP contribution >= 0.6 is 0 Å². The van der Waals surface area contributed by atoms with Crippen LogP contribution in [0.15, 0.2) is 48.5 Å². The van der Waals surface area contributed by atoms with Crippen LogP contribution in [0.1, 0.15) is 26.2 Å². The summed E-state index contributed by atoms with van der Waals surface area (Å²) in [6, 6.07) is 15.2. The molecular formula is C24H32N4O3. The Hall–Kier alpha value is -3.06. The quantitative estimate of drug-likeness (QED) is 0.644. The molecule has 7 heteroatoms. The van der Waals surface area contributed by atoms with Crippen molar-refractivity contribution < 1.29 is 14.3 Å². The first-order chi connectivity index (χ1) is 15.1. The average Bonchev–Trinajstić information content (AvgIpc) is 2.79. The summed E-state index contributed by atoms with van der Waals surface area (Å²) in [5, 5.41) is 5.77. The highest BCUT2D eigenvalue weighted by Crippen LogP contribution is 2.22. The molecule has 1 fully saturated rings. The Morgan fingerprint density at radius 3 is 2.19 bits per heavy atom. The third-order valence-corrected chi connectivity index (χ3v) is 5.41. The molecule has 2 aromatic rings. The van der Waals surface area contributed by atoms with Gasteiger partial charge in [0.05, 0.1) is 20.2 Å². The lowest BCUT2D eigenvalue weighted by Gasteiger charge is -2.28. The van der Waals surface area contributed by atoms with Gasteiger partial charge in [-0.25, -0.2) is 0 Å². The van der Waals surface area contributed by atoms with E-state index >= 15 is 0 Å². The zero-order valence-electron chi connectivity index (χ0n) is 18.4. The number of carbonyl (C=O) groups excluding carboxylic acids is 2. The number of rotatable bonds is 9. The number of hydrogen-bond acceptors (Lipinski definition) is 5. The van der Waals surface area contributed by atoms with Crippen molar-refractivity contribution in [3.8, 4) is 5.75 Å². The monoisotopic (exact) mass is 424 g/mol. The van der Waals surface area contributed by atoms with E-state index in [0.717, 1.165) is 18.8 Å². The summed E-state index contributed by atoms with van der Waals surface area (Å²) in [4.78, 5) is 29.0. The molecule has 0 aliphatic carbocycles. The Labute approximate surface area is 184 Å². The fourth-order valence-electron chi connectivity index (χ4n) is 3.70. The fraction of sp³-hybridized carbons (Fsp3) is 0.417. The number of benzene rings is 2. The van der Waals surface area contributed by atoms with E-state index in [0.29, 0.717) is 18.0 Å². The molecule has 0 radical (unpaired) electrons. The van der Waals surface area contributed by atoms with Crippen molar-refractivity contribution in [2.45, 2.75) is 26.2 Å². The normalized spacial score (nSPS) is 13.7. The Morgan fingerprint density at radius 2 is 1.58 bits per heavy atom. The van der Waals surface area contributed by atoms with Crippen molar-refractivity contribution in [2.24, 2.45) is 0 Å². The Balaban J connectivity index is 1.48. The summed E-state index contributed by atoms with van der Waals surface area (Å²) in [6.07, 6.45) is 3.77. The van der Waals surface area contributed by atoms with Gasteiger partial charge >= 0.3 is 0 Å². The minimum absolute atomic E-state index is 0.134. The number of piperidine rings is 1. The molecule has 0 bridgehead atoms. The first-order valence-electron chi connectivity index (χ1n) is 10.9. The minimum atomic E-state index is -0.172. The number of carbonyl (C=O) groups is 2. The zero-order chi connectivity index (χ0) is 22.1. The van der Waals surface area contributed by atoms with E-state index in [-0.39, 0.29) is 24.9 Å². The van der Waals surface area contributed by atoms with E-state index in [1.165, 1.54) is 24.9 Å². The van der Waals surface area contributed by atoms with Crippen molar-refractivity contribution in [1.82, 2.24) is 4.90 Å². The second kappa shape index (κ2) is 11.4. The lowest BCUT2D eigenvalue weighted by Crippen LogP contribution is -2.38. The second-order valence-corrected chi connectivity index (χ2v) is 7.73. The van der Waals surface area contributed by atoms with E-state index in [9.17, 15) is 9.59 Å². The molecular weight excluding hydrogens is 392 g/mol. The van der Waals surface area contributed by atoms with E-state index in [4.69, 9.17) is 4.74 Å². The molecule has 7 nitrogen and oxygen atoms in total. The van der Waals surface area contributed by atoms with Gasteiger partial charge in [0.2, 0.25) is 11.8 Å². The Bertz CT molecular complexity index is 863. The molecule has 0 saturated carbocycles. The van der Waals surface area contributed by atoms with Gasteiger partial charge in [-0.05, 0) is 62.2 Å². The van der Waals surface area contributed by atoms with Crippen LogP contribution < -0.4 is 20.3 Å². The summed E-state index contributed by atoms with van der Waals surface area (Å²) >= 11 is 0. The SMILES string of the molecule is CCN(CC(=O)Nc1ccc(N2CCCCC2)cc1)CC(=O)Nc1cccc(OC)c1. The number of hydrogen-bond donors (Lipinski definition) is 2. The van der Waals surface area contributed by atoms with Crippen LogP contribution in [-0.2, 0) is 9.59 Å². The summed E-state index contributed by atoms with van der Waals surface area (Å²) in [5.74, 6) is 0.367. The van der Waals surface area contributed by atoms with Crippen molar-refractivity contribution in [2.75, 3.05) is 55.4 Å². The van der Waals surface area contributed by atoms with Gasteiger partial charge in [-0.3, -0.25) is 14.5 Å². The molecule has 1 aliphatic rings. The molecule has 166 valence electrons. The van der Waals surface area contributed by atoms with Gasteiger partial charge in [-0.2, -0.15) is 0 Å². The van der Waals surface area contributed by atoms with Crippen LogP contribution in [0.4, 0.5) is 17.1 Å². The van der Waals surface area contributed by atoms with Crippen LogP contribution in [-0.4, -0.2) is 56.5 Å². The lowest BCUT2D eigenvalue weighted by atomic mass is 10.1. The van der Waals surface area contributed by atoms with Crippen LogP contribution in [0.3, 0.4) is 0 Å². The van der Waals surface area contributed by atoms with E-state index in [1.54, 1.807) is 24.1 Å². The summed E-state index contributed by atoms with van der Waals surface area (Å²) in [7, 11) is 1.58. The summed E-state index contributed by atoms with van der Waals surface area (Å²) in [6.45, 7) is 4.99. The van der Waals surface area contributed by atoms with E-state index in [2.05, 4.69) is 27.7 Å². The highest BCUT2D eigenvalue weighted by molar-refractivity contribution is 5.94. The largest absolute Gasteiger partial charge is 0.497 e. The molecule has 2 N–H and O–H groups in total. The van der Waals surface area contributed by atoms with Gasteiger partial charge in [0.15, 0.2) is 0 Å². The van der Waals surface area contributed by atoms with Gasteiger partial charge in [-0.1, -0.05) is 13.0 Å². The molecule has 1 saturated heterocycles. The maximum absolute atomic E-state index is 12.5. The van der Waals surface area contributed by atoms with Crippen molar-refractivity contribution in [1.29, 1.82) is 0 Å². The second-order valence-electron chi connectivity index (χ2n) is 7.73. The standard InChI is InChI=1S/C24H32N4O3/c1-3-27(18-24(30)26-20-8-7-9-22(16-20)31-2)17-23(29)25-19-10-12-21(13-11-19)28-14-5-4-6-15-28/h7-13,16H,3-6,14-15,17-18H2,1-2H3,(H,25,29)(H,26,30). The molecule has 0 unspecified atom stereocenters. The van der Waals surface area contributed by atoms with E-state index in [1.807, 2.05) is 31.2 Å². The molecule has 31 heavy (non-hydrogen) atoms. The number of ether oxygens (including phenoxy) is 1. The molecule has 3 rings (SSSR count).